The summed E-state index contributed by atoms with van der Waals surface area (Å²) in [7, 11) is 0. The van der Waals surface area contributed by atoms with Gasteiger partial charge in [-0.1, -0.05) is 17.8 Å². The highest BCUT2D eigenvalue weighted by molar-refractivity contribution is 7.98. The van der Waals surface area contributed by atoms with Gasteiger partial charge in [-0.25, -0.2) is 19.3 Å². The minimum atomic E-state index is -0.410. The van der Waals surface area contributed by atoms with Gasteiger partial charge in [0.1, 0.15) is 28.5 Å². The third kappa shape index (κ3) is 2.70. The van der Waals surface area contributed by atoms with Crippen molar-refractivity contribution >= 4 is 28.8 Å². The molecule has 3 rings (SSSR count). The van der Waals surface area contributed by atoms with Crippen LogP contribution in [0.1, 0.15) is 11.1 Å². The Morgan fingerprint density at radius 2 is 2.19 bits per heavy atom. The Morgan fingerprint density at radius 3 is 3.00 bits per heavy atom. The number of nitrogens with zero attached hydrogens (tertiary/aromatic N) is 3. The first-order valence-electron chi connectivity index (χ1n) is 6.05. The molecule has 0 aliphatic carbocycles. The molecule has 2 aromatic heterocycles. The maximum absolute atomic E-state index is 13.2. The molecule has 8 heteroatoms. The first-order valence-corrected chi connectivity index (χ1v) is 7.03. The van der Waals surface area contributed by atoms with Crippen LogP contribution < -0.4 is 5.73 Å². The first kappa shape index (κ1) is 13.5. The topological polar surface area (TPSA) is 104 Å². The molecular weight excluding hydrogens is 291 g/mol. The number of amidine groups is 1. The van der Waals surface area contributed by atoms with Crippen molar-refractivity contribution < 1.29 is 4.39 Å². The van der Waals surface area contributed by atoms with Crippen molar-refractivity contribution in [2.24, 2.45) is 5.73 Å². The van der Waals surface area contributed by atoms with Gasteiger partial charge >= 0.3 is 0 Å². The van der Waals surface area contributed by atoms with Crippen LogP contribution in [0, 0.1) is 11.2 Å². The largest absolute Gasteiger partial charge is 0.384 e. The molecule has 0 saturated carbocycles. The number of rotatable bonds is 4. The second kappa shape index (κ2) is 5.49. The summed E-state index contributed by atoms with van der Waals surface area (Å²) in [6.07, 6.45) is 3.00. The van der Waals surface area contributed by atoms with E-state index in [0.717, 1.165) is 16.1 Å². The monoisotopic (exact) mass is 302 g/mol. The van der Waals surface area contributed by atoms with E-state index in [4.69, 9.17) is 11.1 Å². The summed E-state index contributed by atoms with van der Waals surface area (Å²) in [6.45, 7) is 0. The number of hydrogen-bond acceptors (Lipinski definition) is 5. The van der Waals surface area contributed by atoms with Crippen molar-refractivity contribution in [1.29, 1.82) is 5.41 Å². The molecule has 3 aromatic rings. The number of nitrogen functional groups attached to an aromatic ring is 1. The Bertz CT molecular complexity index is 815. The van der Waals surface area contributed by atoms with E-state index >= 15 is 0 Å². The van der Waals surface area contributed by atoms with Gasteiger partial charge in [0.2, 0.25) is 0 Å². The Hall–Kier alpha value is -2.48. The average molecular weight is 302 g/mol. The molecule has 0 radical (unpaired) electrons. The molecule has 0 fully saturated rings. The molecule has 0 aliphatic rings. The minimum Gasteiger partial charge on any atom is -0.384 e. The molecule has 0 aliphatic heterocycles. The van der Waals surface area contributed by atoms with Gasteiger partial charge in [0.15, 0.2) is 5.65 Å². The fourth-order valence-corrected chi connectivity index (χ4v) is 2.88. The zero-order valence-corrected chi connectivity index (χ0v) is 11.6. The lowest BCUT2D eigenvalue weighted by Gasteiger charge is -2.08. The molecule has 0 spiro atoms. The molecule has 0 saturated heterocycles. The van der Waals surface area contributed by atoms with E-state index in [-0.39, 0.29) is 5.84 Å². The number of hydrogen-bond donors (Lipinski definition) is 3. The van der Waals surface area contributed by atoms with Crippen LogP contribution in [0.15, 0.2) is 35.9 Å². The van der Waals surface area contributed by atoms with E-state index in [9.17, 15) is 4.39 Å². The fourth-order valence-electron chi connectivity index (χ4n) is 1.92. The number of nitrogens with one attached hydrogen (secondary N) is 2. The molecule has 4 N–H and O–H groups in total. The summed E-state index contributed by atoms with van der Waals surface area (Å²) in [5.41, 5.74) is 8.02. The number of halogens is 1. The minimum absolute atomic E-state index is 0.153. The second-order valence-electron chi connectivity index (χ2n) is 4.28. The normalized spacial score (nSPS) is 10.9. The van der Waals surface area contributed by atoms with Crippen LogP contribution in [-0.4, -0.2) is 25.8 Å². The predicted molar refractivity (Wildman–Crippen MR) is 78.7 cm³/mol. The quantitative estimate of drug-likeness (QED) is 0.296. The standard InChI is InChI=1S/C13H11FN6S/c14-8-2-1-7(9(3-8)11(15)16)4-21-13-10-12(18-5-17-10)19-6-20-13/h1-3,5-6H,4H2,(H3,15,16)(H,17,18,19,20). The van der Waals surface area contributed by atoms with Crippen molar-refractivity contribution in [2.75, 3.05) is 0 Å². The van der Waals surface area contributed by atoms with Gasteiger partial charge < -0.3 is 10.7 Å². The van der Waals surface area contributed by atoms with Crippen LogP contribution in [0.2, 0.25) is 0 Å². The number of thioether (sulfide) groups is 1. The molecule has 0 atom stereocenters. The summed E-state index contributed by atoms with van der Waals surface area (Å²) in [5.74, 6) is -0.0493. The SMILES string of the molecule is N=C(N)c1cc(F)ccc1CSc1ncnc2nc[nH]c12. The average Bonchev–Trinajstić information content (AvgIpc) is 2.94. The molecule has 1 aromatic carbocycles. The van der Waals surface area contributed by atoms with E-state index in [1.165, 1.54) is 30.2 Å². The lowest BCUT2D eigenvalue weighted by atomic mass is 10.1. The van der Waals surface area contributed by atoms with E-state index in [2.05, 4.69) is 19.9 Å². The zero-order chi connectivity index (χ0) is 14.8. The van der Waals surface area contributed by atoms with E-state index < -0.39 is 5.82 Å². The van der Waals surface area contributed by atoms with Crippen LogP contribution in [0.25, 0.3) is 11.2 Å². The number of aromatic nitrogens is 4. The Kier molecular flexibility index (Phi) is 3.53. The highest BCUT2D eigenvalue weighted by Gasteiger charge is 2.10. The van der Waals surface area contributed by atoms with Crippen molar-refractivity contribution in [3.8, 4) is 0 Å². The summed E-state index contributed by atoms with van der Waals surface area (Å²) in [5, 5.41) is 8.27. The van der Waals surface area contributed by atoms with Gasteiger partial charge in [0.25, 0.3) is 0 Å². The van der Waals surface area contributed by atoms with Crippen LogP contribution >= 0.6 is 11.8 Å². The molecule has 0 bridgehead atoms. The molecule has 6 nitrogen and oxygen atoms in total. The van der Waals surface area contributed by atoms with Gasteiger partial charge in [0, 0.05) is 11.3 Å². The zero-order valence-electron chi connectivity index (χ0n) is 10.8. The van der Waals surface area contributed by atoms with Crippen molar-refractivity contribution in [3.05, 3.63) is 47.8 Å². The Balaban J connectivity index is 1.88. The lowest BCUT2D eigenvalue weighted by Crippen LogP contribution is -2.14. The summed E-state index contributed by atoms with van der Waals surface area (Å²) in [6, 6.07) is 4.25. The Morgan fingerprint density at radius 1 is 1.33 bits per heavy atom. The van der Waals surface area contributed by atoms with Crippen LogP contribution in [-0.2, 0) is 5.75 Å². The number of fused-ring (bicyclic) bond motifs is 1. The first-order chi connectivity index (χ1) is 10.1. The van der Waals surface area contributed by atoms with Gasteiger partial charge in [-0.15, -0.1) is 0 Å². The van der Waals surface area contributed by atoms with Crippen molar-refractivity contribution in [1.82, 2.24) is 19.9 Å². The summed E-state index contributed by atoms with van der Waals surface area (Å²) < 4.78 is 13.2. The van der Waals surface area contributed by atoms with Gasteiger partial charge in [0.05, 0.1) is 6.33 Å². The van der Waals surface area contributed by atoms with E-state index in [0.29, 0.717) is 17.0 Å². The Labute approximate surface area is 123 Å². The molecule has 2 heterocycles. The number of imidazole rings is 1. The highest BCUT2D eigenvalue weighted by atomic mass is 32.2. The van der Waals surface area contributed by atoms with Crippen molar-refractivity contribution in [2.45, 2.75) is 10.8 Å². The third-order valence-corrected chi connectivity index (χ3v) is 3.95. The molecule has 106 valence electrons. The molecule has 21 heavy (non-hydrogen) atoms. The smallest absolute Gasteiger partial charge is 0.181 e. The molecule has 0 amide bonds. The van der Waals surface area contributed by atoms with Gasteiger partial charge in [-0.2, -0.15) is 0 Å². The fraction of sp³-hybridized carbons (Fsp3) is 0.0769. The maximum atomic E-state index is 13.2. The maximum Gasteiger partial charge on any atom is 0.181 e. The number of benzene rings is 1. The highest BCUT2D eigenvalue weighted by Crippen LogP contribution is 2.26. The number of H-pyrrole nitrogens is 1. The van der Waals surface area contributed by atoms with Gasteiger partial charge in [-0.3, -0.25) is 5.41 Å². The van der Waals surface area contributed by atoms with E-state index in [1.54, 1.807) is 12.4 Å². The molecule has 0 unspecified atom stereocenters. The van der Waals surface area contributed by atoms with Crippen LogP contribution in [0.3, 0.4) is 0 Å². The van der Waals surface area contributed by atoms with Gasteiger partial charge in [-0.05, 0) is 17.7 Å². The predicted octanol–water partition coefficient (Wildman–Crippen LogP) is 2.07. The molecular formula is C13H11FN6S. The van der Waals surface area contributed by atoms with E-state index in [1.807, 2.05) is 0 Å². The van der Waals surface area contributed by atoms with Crippen molar-refractivity contribution in [3.63, 3.8) is 0 Å². The second-order valence-corrected chi connectivity index (χ2v) is 5.25. The summed E-state index contributed by atoms with van der Waals surface area (Å²) in [4.78, 5) is 15.3. The van der Waals surface area contributed by atoms with Crippen LogP contribution in [0.5, 0.6) is 0 Å². The lowest BCUT2D eigenvalue weighted by molar-refractivity contribution is 0.627. The van der Waals surface area contributed by atoms with Crippen LogP contribution in [0.4, 0.5) is 4.39 Å². The number of nitrogens with two attached hydrogens (primary N) is 1. The third-order valence-electron chi connectivity index (χ3n) is 2.91. The number of aromatic amines is 1. The summed E-state index contributed by atoms with van der Waals surface area (Å²) >= 11 is 1.45.